The van der Waals surface area contributed by atoms with Crippen LogP contribution in [0.5, 0.6) is 0 Å². The van der Waals surface area contributed by atoms with Gasteiger partial charge in [-0.1, -0.05) is 20.8 Å². The van der Waals surface area contributed by atoms with E-state index in [4.69, 9.17) is 0 Å². The lowest BCUT2D eigenvalue weighted by molar-refractivity contribution is 0.172. The molecule has 7 heteroatoms. The number of nitrogens with one attached hydrogen (secondary N) is 1. The number of hydrogen-bond donors (Lipinski definition) is 1. The average Bonchev–Trinajstić information content (AvgIpc) is 2.30. The molecule has 0 unspecified atom stereocenters. The number of aromatic nitrogens is 2. The SMILES string of the molecule is CC(C)(C)c1cc(NC2CN(CCS(C)(=O)=O)C2)ncn1. The van der Waals surface area contributed by atoms with Gasteiger partial charge in [-0.3, -0.25) is 4.90 Å². The summed E-state index contributed by atoms with van der Waals surface area (Å²) >= 11 is 0. The van der Waals surface area contributed by atoms with E-state index in [0.29, 0.717) is 12.6 Å². The quantitative estimate of drug-likeness (QED) is 0.871. The average molecular weight is 312 g/mol. The molecule has 0 aliphatic carbocycles. The van der Waals surface area contributed by atoms with Crippen molar-refractivity contribution >= 4 is 15.7 Å². The van der Waals surface area contributed by atoms with Gasteiger partial charge in [-0.05, 0) is 0 Å². The third-order valence-electron chi connectivity index (χ3n) is 3.52. The van der Waals surface area contributed by atoms with E-state index in [1.54, 1.807) is 6.33 Å². The van der Waals surface area contributed by atoms with Crippen molar-refractivity contribution in [3.63, 3.8) is 0 Å². The Morgan fingerprint density at radius 2 is 2.00 bits per heavy atom. The third-order valence-corrected chi connectivity index (χ3v) is 4.45. The summed E-state index contributed by atoms with van der Waals surface area (Å²) in [6.45, 7) is 8.67. The first-order valence-electron chi connectivity index (χ1n) is 7.13. The molecule has 0 saturated carbocycles. The van der Waals surface area contributed by atoms with E-state index < -0.39 is 9.84 Å². The smallest absolute Gasteiger partial charge is 0.148 e. The molecule has 1 aromatic rings. The monoisotopic (exact) mass is 312 g/mol. The highest BCUT2D eigenvalue weighted by Crippen LogP contribution is 2.22. The van der Waals surface area contributed by atoms with Gasteiger partial charge in [0.1, 0.15) is 22.0 Å². The van der Waals surface area contributed by atoms with E-state index >= 15 is 0 Å². The first kappa shape index (κ1) is 16.2. The van der Waals surface area contributed by atoms with Crippen molar-refractivity contribution in [1.29, 1.82) is 0 Å². The molecule has 1 N–H and O–H groups in total. The van der Waals surface area contributed by atoms with Crippen LogP contribution in [-0.4, -0.2) is 61.0 Å². The maximum atomic E-state index is 11.1. The lowest BCUT2D eigenvalue weighted by Gasteiger charge is -2.39. The van der Waals surface area contributed by atoms with E-state index in [-0.39, 0.29) is 11.2 Å². The lowest BCUT2D eigenvalue weighted by atomic mass is 9.92. The van der Waals surface area contributed by atoms with Crippen LogP contribution in [-0.2, 0) is 15.3 Å². The Labute approximate surface area is 126 Å². The summed E-state index contributed by atoms with van der Waals surface area (Å²) in [4.78, 5) is 10.7. The Hall–Kier alpha value is -1.21. The molecule has 0 radical (unpaired) electrons. The Morgan fingerprint density at radius 1 is 1.33 bits per heavy atom. The molecule has 1 saturated heterocycles. The number of sulfone groups is 1. The molecule has 21 heavy (non-hydrogen) atoms. The molecule has 0 spiro atoms. The zero-order valence-corrected chi connectivity index (χ0v) is 13.9. The molecular formula is C14H24N4O2S. The van der Waals surface area contributed by atoms with Crippen LogP contribution in [0.1, 0.15) is 26.5 Å². The van der Waals surface area contributed by atoms with Gasteiger partial charge in [-0.15, -0.1) is 0 Å². The van der Waals surface area contributed by atoms with Gasteiger partial charge < -0.3 is 5.32 Å². The van der Waals surface area contributed by atoms with Gasteiger partial charge in [0.15, 0.2) is 0 Å². The summed E-state index contributed by atoms with van der Waals surface area (Å²) in [5.74, 6) is 1.06. The van der Waals surface area contributed by atoms with Crippen LogP contribution < -0.4 is 5.32 Å². The van der Waals surface area contributed by atoms with E-state index in [2.05, 4.69) is 41.0 Å². The summed E-state index contributed by atoms with van der Waals surface area (Å²) in [5.41, 5.74) is 1.01. The number of likely N-dealkylation sites (tertiary alicyclic amines) is 1. The normalized spacial score (nSPS) is 17.5. The number of hydrogen-bond acceptors (Lipinski definition) is 6. The van der Waals surface area contributed by atoms with Crippen LogP contribution >= 0.6 is 0 Å². The standard InChI is InChI=1S/C14H24N4O2S/c1-14(2,3)12-7-13(16-10-15-12)17-11-8-18(9-11)5-6-21(4,19)20/h7,10-11H,5-6,8-9H2,1-4H3,(H,15,16,17). The fourth-order valence-electron chi connectivity index (χ4n) is 2.19. The topological polar surface area (TPSA) is 75.2 Å². The second-order valence-corrected chi connectivity index (χ2v) is 9.03. The van der Waals surface area contributed by atoms with E-state index in [1.165, 1.54) is 6.26 Å². The minimum Gasteiger partial charge on any atom is -0.365 e. The number of nitrogens with zero attached hydrogens (tertiary/aromatic N) is 3. The summed E-state index contributed by atoms with van der Waals surface area (Å²) < 4.78 is 22.2. The largest absolute Gasteiger partial charge is 0.365 e. The summed E-state index contributed by atoms with van der Waals surface area (Å²) in [5, 5.41) is 3.38. The highest BCUT2D eigenvalue weighted by molar-refractivity contribution is 7.90. The van der Waals surface area contributed by atoms with Crippen molar-refractivity contribution in [2.24, 2.45) is 0 Å². The van der Waals surface area contributed by atoms with Gasteiger partial charge in [0.25, 0.3) is 0 Å². The predicted molar refractivity (Wildman–Crippen MR) is 84.3 cm³/mol. The van der Waals surface area contributed by atoms with Gasteiger partial charge in [-0.2, -0.15) is 0 Å². The Morgan fingerprint density at radius 3 is 2.57 bits per heavy atom. The Bertz CT molecular complexity index is 589. The van der Waals surface area contributed by atoms with Crippen LogP contribution in [0.2, 0.25) is 0 Å². The van der Waals surface area contributed by atoms with Crippen LogP contribution in [0.25, 0.3) is 0 Å². The third kappa shape index (κ3) is 4.93. The first-order valence-corrected chi connectivity index (χ1v) is 9.19. The van der Waals surface area contributed by atoms with Crippen molar-refractivity contribution in [3.05, 3.63) is 18.1 Å². The molecule has 0 amide bonds. The van der Waals surface area contributed by atoms with Crippen molar-refractivity contribution in [3.8, 4) is 0 Å². The maximum absolute atomic E-state index is 11.1. The Kier molecular flexibility index (Phi) is 4.53. The second kappa shape index (κ2) is 5.88. The van der Waals surface area contributed by atoms with Crippen LogP contribution in [0.4, 0.5) is 5.82 Å². The summed E-state index contributed by atoms with van der Waals surface area (Å²) in [6.07, 6.45) is 2.86. The fourth-order valence-corrected chi connectivity index (χ4v) is 2.78. The van der Waals surface area contributed by atoms with Crippen molar-refractivity contribution < 1.29 is 8.42 Å². The number of rotatable bonds is 5. The minimum absolute atomic E-state index is 0.000500. The van der Waals surface area contributed by atoms with E-state index in [0.717, 1.165) is 24.6 Å². The predicted octanol–water partition coefficient (Wildman–Crippen LogP) is 0.915. The molecule has 6 nitrogen and oxygen atoms in total. The summed E-state index contributed by atoms with van der Waals surface area (Å²) in [6, 6.07) is 2.31. The van der Waals surface area contributed by atoms with Gasteiger partial charge in [0, 0.05) is 37.4 Å². The van der Waals surface area contributed by atoms with Crippen LogP contribution in [0.3, 0.4) is 0 Å². The fraction of sp³-hybridized carbons (Fsp3) is 0.714. The molecule has 1 aliphatic heterocycles. The molecule has 1 aliphatic rings. The molecular weight excluding hydrogens is 288 g/mol. The molecule has 1 fully saturated rings. The maximum Gasteiger partial charge on any atom is 0.148 e. The highest BCUT2D eigenvalue weighted by atomic mass is 32.2. The summed E-state index contributed by atoms with van der Waals surface area (Å²) in [7, 11) is -2.88. The zero-order chi connectivity index (χ0) is 15.7. The zero-order valence-electron chi connectivity index (χ0n) is 13.1. The van der Waals surface area contributed by atoms with Gasteiger partial charge in [0.05, 0.1) is 17.5 Å². The van der Waals surface area contributed by atoms with Gasteiger partial charge >= 0.3 is 0 Å². The number of anilines is 1. The molecule has 0 aromatic carbocycles. The van der Waals surface area contributed by atoms with E-state index in [1.807, 2.05) is 6.07 Å². The Balaban J connectivity index is 1.83. The van der Waals surface area contributed by atoms with E-state index in [9.17, 15) is 8.42 Å². The molecule has 2 rings (SSSR count). The van der Waals surface area contributed by atoms with Crippen molar-refractivity contribution in [1.82, 2.24) is 14.9 Å². The van der Waals surface area contributed by atoms with Gasteiger partial charge in [-0.25, -0.2) is 18.4 Å². The van der Waals surface area contributed by atoms with Crippen LogP contribution in [0, 0.1) is 0 Å². The molecule has 118 valence electrons. The highest BCUT2D eigenvalue weighted by Gasteiger charge is 2.27. The second-order valence-electron chi connectivity index (χ2n) is 6.77. The first-order chi connectivity index (χ1) is 9.63. The van der Waals surface area contributed by atoms with Crippen molar-refractivity contribution in [2.75, 3.05) is 37.0 Å². The molecule has 2 heterocycles. The van der Waals surface area contributed by atoms with Crippen molar-refractivity contribution in [2.45, 2.75) is 32.2 Å². The van der Waals surface area contributed by atoms with Crippen LogP contribution in [0.15, 0.2) is 12.4 Å². The molecule has 0 atom stereocenters. The minimum atomic E-state index is -2.88. The lowest BCUT2D eigenvalue weighted by Crippen LogP contribution is -2.55. The molecule has 1 aromatic heterocycles. The van der Waals surface area contributed by atoms with Gasteiger partial charge in [0.2, 0.25) is 0 Å². The molecule has 0 bridgehead atoms.